The molecule has 1 aliphatic rings. The molecule has 0 spiro atoms. The van der Waals surface area contributed by atoms with Gasteiger partial charge in [-0.15, -0.1) is 0 Å². The molecular weight excluding hydrogens is 330 g/mol. The Balaban J connectivity index is 2.08. The molecule has 0 bridgehead atoms. The minimum atomic E-state index is -3.57. The third kappa shape index (κ3) is 4.54. The second kappa shape index (κ2) is 8.06. The van der Waals surface area contributed by atoms with E-state index in [0.717, 1.165) is 25.9 Å². The van der Waals surface area contributed by atoms with Crippen molar-refractivity contribution in [3.8, 4) is 0 Å². The van der Waals surface area contributed by atoms with Gasteiger partial charge in [0.2, 0.25) is 10.0 Å². The second-order valence-electron chi connectivity index (χ2n) is 6.10. The van der Waals surface area contributed by atoms with Gasteiger partial charge in [0.15, 0.2) is 0 Å². The Morgan fingerprint density at radius 3 is 2.67 bits per heavy atom. The minimum absolute atomic E-state index is 0.0751. The SMILES string of the molecule is CNS(=O)(=O)c1cccc(C(=O)NCC2(COC)CCNCC2)c1. The van der Waals surface area contributed by atoms with Crippen LogP contribution in [0.2, 0.25) is 0 Å². The lowest BCUT2D eigenvalue weighted by Gasteiger charge is -2.37. The Bertz CT molecular complexity index is 664. The van der Waals surface area contributed by atoms with Crippen LogP contribution in [0, 0.1) is 5.41 Å². The van der Waals surface area contributed by atoms with Gasteiger partial charge in [-0.05, 0) is 51.2 Å². The van der Waals surface area contributed by atoms with E-state index in [1.165, 1.54) is 19.2 Å². The van der Waals surface area contributed by atoms with Crippen LogP contribution in [-0.2, 0) is 14.8 Å². The fourth-order valence-electron chi connectivity index (χ4n) is 2.93. The smallest absolute Gasteiger partial charge is 0.251 e. The quantitative estimate of drug-likeness (QED) is 0.655. The molecule has 1 amide bonds. The lowest BCUT2D eigenvalue weighted by molar-refractivity contribution is 0.0511. The highest BCUT2D eigenvalue weighted by molar-refractivity contribution is 7.89. The molecule has 134 valence electrons. The van der Waals surface area contributed by atoms with E-state index in [4.69, 9.17) is 4.74 Å². The summed E-state index contributed by atoms with van der Waals surface area (Å²) in [6.45, 7) is 2.89. The first kappa shape index (κ1) is 18.9. The van der Waals surface area contributed by atoms with Gasteiger partial charge in [-0.25, -0.2) is 13.1 Å². The number of methoxy groups -OCH3 is 1. The topological polar surface area (TPSA) is 96.5 Å². The van der Waals surface area contributed by atoms with Gasteiger partial charge < -0.3 is 15.4 Å². The van der Waals surface area contributed by atoms with Crippen molar-refractivity contribution in [2.45, 2.75) is 17.7 Å². The normalized spacial score (nSPS) is 17.4. The largest absolute Gasteiger partial charge is 0.384 e. The summed E-state index contributed by atoms with van der Waals surface area (Å²) in [4.78, 5) is 12.5. The highest BCUT2D eigenvalue weighted by Crippen LogP contribution is 2.28. The van der Waals surface area contributed by atoms with Crippen molar-refractivity contribution in [1.29, 1.82) is 0 Å². The summed E-state index contributed by atoms with van der Waals surface area (Å²) in [5.74, 6) is -0.280. The van der Waals surface area contributed by atoms with Gasteiger partial charge >= 0.3 is 0 Å². The molecular formula is C16H25N3O4S. The van der Waals surface area contributed by atoms with E-state index in [0.29, 0.717) is 18.7 Å². The number of sulfonamides is 1. The maximum Gasteiger partial charge on any atom is 0.251 e. The van der Waals surface area contributed by atoms with Crippen molar-refractivity contribution >= 4 is 15.9 Å². The molecule has 1 heterocycles. The van der Waals surface area contributed by atoms with Crippen LogP contribution in [-0.4, -0.2) is 54.7 Å². The van der Waals surface area contributed by atoms with Gasteiger partial charge in [-0.2, -0.15) is 0 Å². The van der Waals surface area contributed by atoms with Crippen molar-refractivity contribution in [3.63, 3.8) is 0 Å². The lowest BCUT2D eigenvalue weighted by atomic mass is 9.79. The van der Waals surface area contributed by atoms with Gasteiger partial charge in [-0.3, -0.25) is 4.79 Å². The van der Waals surface area contributed by atoms with Crippen molar-refractivity contribution < 1.29 is 17.9 Å². The van der Waals surface area contributed by atoms with Crippen LogP contribution < -0.4 is 15.4 Å². The minimum Gasteiger partial charge on any atom is -0.384 e. The molecule has 7 nitrogen and oxygen atoms in total. The van der Waals surface area contributed by atoms with E-state index < -0.39 is 10.0 Å². The monoisotopic (exact) mass is 355 g/mol. The van der Waals surface area contributed by atoms with E-state index >= 15 is 0 Å². The zero-order valence-electron chi connectivity index (χ0n) is 14.1. The third-order valence-electron chi connectivity index (χ3n) is 4.41. The van der Waals surface area contributed by atoms with Gasteiger partial charge in [0.25, 0.3) is 5.91 Å². The zero-order valence-corrected chi connectivity index (χ0v) is 14.9. The highest BCUT2D eigenvalue weighted by Gasteiger charge is 2.32. The maximum absolute atomic E-state index is 12.4. The molecule has 0 atom stereocenters. The summed E-state index contributed by atoms with van der Waals surface area (Å²) in [5.41, 5.74) is 0.248. The zero-order chi connectivity index (χ0) is 17.6. The molecule has 24 heavy (non-hydrogen) atoms. The van der Waals surface area contributed by atoms with Crippen molar-refractivity contribution in [1.82, 2.24) is 15.4 Å². The molecule has 1 aliphatic heterocycles. The van der Waals surface area contributed by atoms with Crippen LogP contribution in [0.25, 0.3) is 0 Å². The predicted molar refractivity (Wildman–Crippen MR) is 91.4 cm³/mol. The number of nitrogens with one attached hydrogen (secondary N) is 3. The fourth-order valence-corrected chi connectivity index (χ4v) is 3.70. The number of carbonyl (C=O) groups excluding carboxylic acids is 1. The number of hydrogen-bond donors (Lipinski definition) is 3. The summed E-state index contributed by atoms with van der Waals surface area (Å²) in [5, 5.41) is 6.23. The number of carbonyl (C=O) groups is 1. The Labute approximate surface area is 143 Å². The summed E-state index contributed by atoms with van der Waals surface area (Å²) >= 11 is 0. The summed E-state index contributed by atoms with van der Waals surface area (Å²) in [6.07, 6.45) is 1.85. The van der Waals surface area contributed by atoms with Crippen LogP contribution >= 0.6 is 0 Å². The average molecular weight is 355 g/mol. The number of hydrogen-bond acceptors (Lipinski definition) is 5. The van der Waals surface area contributed by atoms with Gasteiger partial charge in [0.05, 0.1) is 11.5 Å². The molecule has 1 saturated heterocycles. The molecule has 2 rings (SSSR count). The molecule has 0 aliphatic carbocycles. The Hall–Kier alpha value is -1.48. The van der Waals surface area contributed by atoms with Crippen LogP contribution in [0.4, 0.5) is 0 Å². The van der Waals surface area contributed by atoms with Crippen LogP contribution in [0.15, 0.2) is 29.2 Å². The average Bonchev–Trinajstić information content (AvgIpc) is 2.61. The van der Waals surface area contributed by atoms with Crippen LogP contribution in [0.3, 0.4) is 0 Å². The Morgan fingerprint density at radius 2 is 2.04 bits per heavy atom. The predicted octanol–water partition coefficient (Wildman–Crippen LogP) is 0.341. The van der Waals surface area contributed by atoms with E-state index in [1.807, 2.05) is 0 Å². The number of ether oxygens (including phenoxy) is 1. The first-order chi connectivity index (χ1) is 11.4. The molecule has 1 aromatic carbocycles. The van der Waals surface area contributed by atoms with Crippen LogP contribution in [0.5, 0.6) is 0 Å². The molecule has 8 heteroatoms. The van der Waals surface area contributed by atoms with Crippen molar-refractivity contribution in [2.24, 2.45) is 5.41 Å². The number of piperidine rings is 1. The maximum atomic E-state index is 12.4. The molecule has 0 unspecified atom stereocenters. The molecule has 0 radical (unpaired) electrons. The number of benzene rings is 1. The van der Waals surface area contributed by atoms with E-state index in [-0.39, 0.29) is 16.2 Å². The van der Waals surface area contributed by atoms with E-state index in [9.17, 15) is 13.2 Å². The summed E-state index contributed by atoms with van der Waals surface area (Å²) in [6, 6.07) is 6.01. The lowest BCUT2D eigenvalue weighted by Crippen LogP contribution is -2.47. The van der Waals surface area contributed by atoms with Gasteiger partial charge in [0, 0.05) is 24.6 Å². The van der Waals surface area contributed by atoms with Crippen molar-refractivity contribution in [2.75, 3.05) is 40.4 Å². The summed E-state index contributed by atoms with van der Waals surface area (Å²) in [7, 11) is -0.563. The number of rotatable bonds is 7. The van der Waals surface area contributed by atoms with E-state index in [2.05, 4.69) is 15.4 Å². The Morgan fingerprint density at radius 1 is 1.33 bits per heavy atom. The number of amides is 1. The third-order valence-corrected chi connectivity index (χ3v) is 5.83. The molecule has 0 aromatic heterocycles. The highest BCUT2D eigenvalue weighted by atomic mass is 32.2. The van der Waals surface area contributed by atoms with Crippen LogP contribution in [0.1, 0.15) is 23.2 Å². The first-order valence-electron chi connectivity index (χ1n) is 7.94. The molecule has 0 saturated carbocycles. The summed E-state index contributed by atoms with van der Waals surface area (Å²) < 4.78 is 31.3. The van der Waals surface area contributed by atoms with E-state index in [1.54, 1.807) is 19.2 Å². The second-order valence-corrected chi connectivity index (χ2v) is 7.99. The Kier molecular flexibility index (Phi) is 6.34. The molecule has 3 N–H and O–H groups in total. The first-order valence-corrected chi connectivity index (χ1v) is 9.42. The van der Waals surface area contributed by atoms with Gasteiger partial charge in [0.1, 0.15) is 0 Å². The molecule has 1 fully saturated rings. The van der Waals surface area contributed by atoms with Crippen molar-refractivity contribution in [3.05, 3.63) is 29.8 Å². The molecule has 1 aromatic rings. The standard InChI is InChI=1S/C16H25N3O4S/c1-17-24(21,22)14-5-3-4-13(10-14)15(20)19-11-16(12-23-2)6-8-18-9-7-16/h3-5,10,17-18H,6-9,11-12H2,1-2H3,(H,19,20). The fraction of sp³-hybridized carbons (Fsp3) is 0.562. The van der Waals surface area contributed by atoms with Gasteiger partial charge in [-0.1, -0.05) is 6.07 Å².